The Bertz CT molecular complexity index is 504. The zero-order chi connectivity index (χ0) is 15.1. The van der Waals surface area contributed by atoms with E-state index in [1.165, 1.54) is 12.1 Å². The normalized spacial score (nSPS) is 15.5. The van der Waals surface area contributed by atoms with Gasteiger partial charge in [0.2, 0.25) is 5.91 Å². The highest BCUT2D eigenvalue weighted by Gasteiger charge is 2.25. The highest BCUT2D eigenvalue weighted by molar-refractivity contribution is 5.81. The fourth-order valence-corrected chi connectivity index (χ4v) is 2.41. The molecule has 1 amide bonds. The zero-order valence-electron chi connectivity index (χ0n) is 11.9. The molecule has 112 valence electrons. The molecule has 0 radical (unpaired) electrons. The van der Waals surface area contributed by atoms with Crippen molar-refractivity contribution >= 4 is 5.91 Å². The summed E-state index contributed by atoms with van der Waals surface area (Å²) in [6.45, 7) is 1.95. The molecule has 1 aliphatic rings. The van der Waals surface area contributed by atoms with E-state index < -0.39 is 5.92 Å². The molecule has 4 nitrogen and oxygen atoms in total. The molecule has 5 heteroatoms. The molecule has 1 unspecified atom stereocenters. The maximum atomic E-state index is 12.7. The molecule has 0 spiro atoms. The molecular formula is C16H19FN2O2. The van der Waals surface area contributed by atoms with Crippen LogP contribution in [0.1, 0.15) is 25.7 Å². The predicted octanol–water partition coefficient (Wildman–Crippen LogP) is 2.75. The highest BCUT2D eigenvalue weighted by Crippen LogP contribution is 2.16. The van der Waals surface area contributed by atoms with Crippen molar-refractivity contribution in [1.29, 1.82) is 5.26 Å². The second-order valence-electron chi connectivity index (χ2n) is 5.16. The van der Waals surface area contributed by atoms with Gasteiger partial charge in [-0.2, -0.15) is 5.26 Å². The van der Waals surface area contributed by atoms with Gasteiger partial charge in [0.25, 0.3) is 0 Å². The van der Waals surface area contributed by atoms with Crippen LogP contribution in [0, 0.1) is 23.1 Å². The van der Waals surface area contributed by atoms with Gasteiger partial charge in [-0.25, -0.2) is 4.39 Å². The Balaban J connectivity index is 1.72. The lowest BCUT2D eigenvalue weighted by atomic mass is 10.0. The Kier molecular flexibility index (Phi) is 5.56. The van der Waals surface area contributed by atoms with E-state index in [0.29, 0.717) is 25.2 Å². The van der Waals surface area contributed by atoms with Crippen molar-refractivity contribution in [2.75, 3.05) is 19.7 Å². The molecule has 0 aromatic heterocycles. The first-order valence-electron chi connectivity index (χ1n) is 7.27. The predicted molar refractivity (Wildman–Crippen MR) is 76.0 cm³/mol. The minimum atomic E-state index is -0.583. The van der Waals surface area contributed by atoms with Crippen molar-refractivity contribution in [2.45, 2.75) is 25.7 Å². The molecule has 2 rings (SSSR count). The highest BCUT2D eigenvalue weighted by atomic mass is 19.1. The van der Waals surface area contributed by atoms with Gasteiger partial charge in [-0.1, -0.05) is 0 Å². The zero-order valence-corrected chi connectivity index (χ0v) is 11.9. The molecule has 1 atom stereocenters. The van der Waals surface area contributed by atoms with Crippen molar-refractivity contribution in [3.05, 3.63) is 30.1 Å². The topological polar surface area (TPSA) is 53.3 Å². The molecule has 21 heavy (non-hydrogen) atoms. The van der Waals surface area contributed by atoms with Crippen LogP contribution < -0.4 is 4.74 Å². The van der Waals surface area contributed by atoms with E-state index in [1.807, 2.05) is 0 Å². The Morgan fingerprint density at radius 2 is 2.00 bits per heavy atom. The van der Waals surface area contributed by atoms with Crippen LogP contribution in [0.3, 0.4) is 0 Å². The summed E-state index contributed by atoms with van der Waals surface area (Å²) in [5, 5.41) is 9.12. The lowest BCUT2D eigenvalue weighted by molar-refractivity contribution is -0.132. The summed E-state index contributed by atoms with van der Waals surface area (Å²) in [4.78, 5) is 13.9. The lowest BCUT2D eigenvalue weighted by Gasteiger charge is -2.18. The first kappa shape index (κ1) is 15.3. The van der Waals surface area contributed by atoms with Crippen molar-refractivity contribution < 1.29 is 13.9 Å². The number of nitriles is 1. The van der Waals surface area contributed by atoms with Crippen molar-refractivity contribution in [1.82, 2.24) is 4.90 Å². The van der Waals surface area contributed by atoms with Gasteiger partial charge in [-0.05, 0) is 49.9 Å². The molecular weight excluding hydrogens is 271 g/mol. The second kappa shape index (κ2) is 7.63. The molecule has 0 N–H and O–H groups in total. The van der Waals surface area contributed by atoms with Gasteiger partial charge >= 0.3 is 0 Å². The minimum Gasteiger partial charge on any atom is -0.494 e. The van der Waals surface area contributed by atoms with E-state index in [-0.39, 0.29) is 11.7 Å². The molecule has 1 fully saturated rings. The molecule has 0 aliphatic carbocycles. The van der Waals surface area contributed by atoms with E-state index in [9.17, 15) is 9.18 Å². The van der Waals surface area contributed by atoms with Gasteiger partial charge < -0.3 is 9.64 Å². The fraction of sp³-hybridized carbons (Fsp3) is 0.500. The molecule has 1 aromatic rings. The van der Waals surface area contributed by atoms with E-state index >= 15 is 0 Å². The monoisotopic (exact) mass is 290 g/mol. The number of nitrogens with zero attached hydrogens (tertiary/aromatic N) is 2. The third kappa shape index (κ3) is 4.45. The first-order valence-corrected chi connectivity index (χ1v) is 7.27. The van der Waals surface area contributed by atoms with E-state index in [1.54, 1.807) is 17.0 Å². The second-order valence-corrected chi connectivity index (χ2v) is 5.16. The average molecular weight is 290 g/mol. The quantitative estimate of drug-likeness (QED) is 0.757. The fourth-order valence-electron chi connectivity index (χ4n) is 2.41. The number of ether oxygens (including phenoxy) is 1. The van der Waals surface area contributed by atoms with Crippen molar-refractivity contribution in [2.24, 2.45) is 5.92 Å². The Labute approximate surface area is 124 Å². The summed E-state index contributed by atoms with van der Waals surface area (Å²) < 4.78 is 18.2. The number of likely N-dealkylation sites (tertiary alicyclic amines) is 1. The van der Waals surface area contributed by atoms with Gasteiger partial charge in [0.15, 0.2) is 0 Å². The summed E-state index contributed by atoms with van der Waals surface area (Å²) in [7, 11) is 0. The molecule has 1 aliphatic heterocycles. The molecule has 0 saturated carbocycles. The van der Waals surface area contributed by atoms with Crippen LogP contribution >= 0.6 is 0 Å². The Morgan fingerprint density at radius 3 is 2.62 bits per heavy atom. The third-order valence-corrected chi connectivity index (χ3v) is 3.59. The minimum absolute atomic E-state index is 0.0585. The SMILES string of the molecule is N#CC(CCCOc1ccc(F)cc1)C(=O)N1CCCC1. The van der Waals surface area contributed by atoms with Crippen molar-refractivity contribution in [3.63, 3.8) is 0 Å². The molecule has 0 bridgehead atoms. The van der Waals surface area contributed by atoms with Crippen LogP contribution in [0.4, 0.5) is 4.39 Å². The average Bonchev–Trinajstić information content (AvgIpc) is 3.03. The summed E-state index contributed by atoms with van der Waals surface area (Å²) in [6, 6.07) is 7.89. The molecule has 1 saturated heterocycles. The standard InChI is InChI=1S/C16H19FN2O2/c17-14-5-7-15(8-6-14)21-11-3-4-13(12-18)16(20)19-9-1-2-10-19/h5-8,13H,1-4,9-11H2. The van der Waals surface area contributed by atoms with E-state index in [0.717, 1.165) is 25.9 Å². The Morgan fingerprint density at radius 1 is 1.33 bits per heavy atom. The molecule has 1 aromatic carbocycles. The number of hydrogen-bond acceptors (Lipinski definition) is 3. The van der Waals surface area contributed by atoms with Crippen LogP contribution in [0.25, 0.3) is 0 Å². The largest absolute Gasteiger partial charge is 0.494 e. The third-order valence-electron chi connectivity index (χ3n) is 3.59. The number of hydrogen-bond donors (Lipinski definition) is 0. The van der Waals surface area contributed by atoms with Crippen LogP contribution in [0.15, 0.2) is 24.3 Å². The van der Waals surface area contributed by atoms with Crippen LogP contribution in [-0.4, -0.2) is 30.5 Å². The number of carbonyl (C=O) groups is 1. The summed E-state index contributed by atoms with van der Waals surface area (Å²) in [6.07, 6.45) is 3.16. The number of carbonyl (C=O) groups excluding carboxylic acids is 1. The smallest absolute Gasteiger partial charge is 0.239 e. The number of amides is 1. The lowest BCUT2D eigenvalue weighted by Crippen LogP contribution is -2.33. The van der Waals surface area contributed by atoms with Gasteiger partial charge in [-0.15, -0.1) is 0 Å². The van der Waals surface area contributed by atoms with Crippen LogP contribution in [0.5, 0.6) is 5.75 Å². The molecule has 1 heterocycles. The van der Waals surface area contributed by atoms with Crippen LogP contribution in [-0.2, 0) is 4.79 Å². The van der Waals surface area contributed by atoms with Gasteiger partial charge in [0, 0.05) is 13.1 Å². The first-order chi connectivity index (χ1) is 10.2. The Hall–Kier alpha value is -2.09. The summed E-state index contributed by atoms with van der Waals surface area (Å²) in [5.74, 6) is -0.351. The summed E-state index contributed by atoms with van der Waals surface area (Å²) in [5.41, 5.74) is 0. The van der Waals surface area contributed by atoms with Crippen molar-refractivity contribution in [3.8, 4) is 11.8 Å². The summed E-state index contributed by atoms with van der Waals surface area (Å²) >= 11 is 0. The number of halogens is 1. The van der Waals surface area contributed by atoms with Gasteiger partial charge in [0.05, 0.1) is 12.7 Å². The van der Waals surface area contributed by atoms with Gasteiger partial charge in [0.1, 0.15) is 17.5 Å². The number of rotatable bonds is 6. The number of benzene rings is 1. The van der Waals surface area contributed by atoms with E-state index in [4.69, 9.17) is 10.00 Å². The van der Waals surface area contributed by atoms with Crippen LogP contribution in [0.2, 0.25) is 0 Å². The maximum Gasteiger partial charge on any atom is 0.239 e. The maximum absolute atomic E-state index is 12.7. The van der Waals surface area contributed by atoms with Gasteiger partial charge in [-0.3, -0.25) is 4.79 Å². The van der Waals surface area contributed by atoms with E-state index in [2.05, 4.69) is 6.07 Å².